The summed E-state index contributed by atoms with van der Waals surface area (Å²) in [6, 6.07) is 54.8. The van der Waals surface area contributed by atoms with E-state index in [2.05, 4.69) is 133 Å². The largest absolute Gasteiger partial charge is 0.208 e. The molecular formula is C45H25N3S. The molecule has 0 aliphatic rings. The van der Waals surface area contributed by atoms with Gasteiger partial charge in [-0.25, -0.2) is 15.0 Å². The predicted octanol–water partition coefficient (Wildman–Crippen LogP) is 12.5. The lowest BCUT2D eigenvalue weighted by atomic mass is 9.91. The van der Waals surface area contributed by atoms with Crippen molar-refractivity contribution in [2.75, 3.05) is 0 Å². The van der Waals surface area contributed by atoms with Crippen molar-refractivity contribution < 1.29 is 0 Å². The first kappa shape index (κ1) is 26.8. The number of hydrogen-bond acceptors (Lipinski definition) is 4. The van der Waals surface area contributed by atoms with Crippen LogP contribution >= 0.6 is 11.3 Å². The van der Waals surface area contributed by atoms with E-state index in [9.17, 15) is 0 Å². The molecule has 3 heterocycles. The molecule has 0 saturated carbocycles. The molecule has 3 aromatic heterocycles. The van der Waals surface area contributed by atoms with Crippen LogP contribution in [0.15, 0.2) is 152 Å². The first-order chi connectivity index (χ1) is 24.3. The molecule has 0 N–H and O–H groups in total. The number of fused-ring (bicyclic) bond motifs is 16. The summed E-state index contributed by atoms with van der Waals surface area (Å²) in [5.41, 5.74) is 2.32. The number of aromatic nitrogens is 3. The average Bonchev–Trinajstić information content (AvgIpc) is 3.56. The van der Waals surface area contributed by atoms with Gasteiger partial charge in [-0.2, -0.15) is 0 Å². The second-order valence-electron chi connectivity index (χ2n) is 12.8. The van der Waals surface area contributed by atoms with Gasteiger partial charge in [-0.15, -0.1) is 11.3 Å². The van der Waals surface area contributed by atoms with E-state index in [1.807, 2.05) is 29.5 Å². The Morgan fingerprint density at radius 1 is 0.327 bits per heavy atom. The van der Waals surface area contributed by atoms with E-state index in [-0.39, 0.29) is 0 Å². The van der Waals surface area contributed by atoms with Crippen LogP contribution in [0.4, 0.5) is 0 Å². The molecule has 0 saturated heterocycles. The highest BCUT2D eigenvalue weighted by Crippen LogP contribution is 2.42. The Bertz CT molecular complexity index is 3220. The molecule has 0 aliphatic carbocycles. The molecule has 0 aliphatic heterocycles. The maximum absolute atomic E-state index is 5.19. The minimum absolute atomic E-state index is 0.666. The number of thiophene rings is 1. The Kier molecular flexibility index (Phi) is 5.54. The van der Waals surface area contributed by atoms with Gasteiger partial charge in [0.2, 0.25) is 0 Å². The number of hydrogen-bond donors (Lipinski definition) is 0. The van der Waals surface area contributed by atoms with Crippen molar-refractivity contribution in [3.63, 3.8) is 0 Å². The van der Waals surface area contributed by atoms with Crippen molar-refractivity contribution in [3.05, 3.63) is 152 Å². The number of nitrogens with zero attached hydrogens (tertiary/aromatic N) is 3. The molecule has 11 rings (SSSR count). The summed E-state index contributed by atoms with van der Waals surface area (Å²) >= 11 is 1.82. The van der Waals surface area contributed by atoms with Crippen molar-refractivity contribution >= 4 is 107 Å². The highest BCUT2D eigenvalue weighted by molar-refractivity contribution is 7.26. The van der Waals surface area contributed by atoms with Crippen LogP contribution < -0.4 is 0 Å². The molecule has 0 radical (unpaired) electrons. The summed E-state index contributed by atoms with van der Waals surface area (Å²) in [4.78, 5) is 15.4. The molecule has 0 fully saturated rings. The van der Waals surface area contributed by atoms with Crippen LogP contribution in [-0.2, 0) is 0 Å². The highest BCUT2D eigenvalue weighted by Gasteiger charge is 2.15. The molecule has 11 aromatic rings. The van der Waals surface area contributed by atoms with Gasteiger partial charge in [0.25, 0.3) is 0 Å². The van der Waals surface area contributed by atoms with E-state index in [4.69, 9.17) is 15.0 Å². The first-order valence-corrected chi connectivity index (χ1v) is 17.3. The lowest BCUT2D eigenvalue weighted by Crippen LogP contribution is -1.94. The minimum Gasteiger partial charge on any atom is -0.208 e. The van der Waals surface area contributed by atoms with E-state index in [1.54, 1.807) is 0 Å². The molecule has 0 amide bonds. The topological polar surface area (TPSA) is 38.7 Å². The second-order valence-corrected chi connectivity index (χ2v) is 13.9. The van der Waals surface area contributed by atoms with Crippen molar-refractivity contribution in [1.82, 2.24) is 15.0 Å². The van der Waals surface area contributed by atoms with Crippen LogP contribution in [-0.4, -0.2) is 15.0 Å². The van der Waals surface area contributed by atoms with Gasteiger partial charge in [0.15, 0.2) is 17.1 Å². The third-order valence-corrected chi connectivity index (χ3v) is 11.2. The molecule has 3 nitrogen and oxygen atoms in total. The van der Waals surface area contributed by atoms with Gasteiger partial charge in [0, 0.05) is 36.5 Å². The quantitative estimate of drug-likeness (QED) is 0.168. The third-order valence-electron chi connectivity index (χ3n) is 10.0. The molecule has 6 bridgehead atoms. The summed E-state index contributed by atoms with van der Waals surface area (Å²) < 4.78 is 2.47. The lowest BCUT2D eigenvalue weighted by molar-refractivity contribution is 1.18. The van der Waals surface area contributed by atoms with Crippen LogP contribution in [0.5, 0.6) is 0 Å². The van der Waals surface area contributed by atoms with E-state index < -0.39 is 0 Å². The summed E-state index contributed by atoms with van der Waals surface area (Å²) in [6.45, 7) is 0. The Morgan fingerprint density at radius 2 is 0.918 bits per heavy atom. The van der Waals surface area contributed by atoms with Crippen LogP contribution in [0.2, 0.25) is 0 Å². The maximum Gasteiger partial charge on any atom is 0.164 e. The van der Waals surface area contributed by atoms with Gasteiger partial charge < -0.3 is 0 Å². The predicted molar refractivity (Wildman–Crippen MR) is 210 cm³/mol. The zero-order valence-corrected chi connectivity index (χ0v) is 27.0. The Labute approximate surface area is 284 Å². The average molecular weight is 640 g/mol. The van der Waals surface area contributed by atoms with E-state index in [1.165, 1.54) is 68.6 Å². The van der Waals surface area contributed by atoms with E-state index in [0.717, 1.165) is 21.7 Å². The van der Waals surface area contributed by atoms with Gasteiger partial charge in [-0.1, -0.05) is 115 Å². The number of rotatable bonds is 1. The third kappa shape index (κ3) is 3.98. The van der Waals surface area contributed by atoms with Gasteiger partial charge in [-0.05, 0) is 90.3 Å². The summed E-state index contributed by atoms with van der Waals surface area (Å²) in [5, 5.41) is 16.7. The summed E-state index contributed by atoms with van der Waals surface area (Å²) in [7, 11) is 0. The van der Waals surface area contributed by atoms with Gasteiger partial charge in [-0.3, -0.25) is 0 Å². The second kappa shape index (κ2) is 10.1. The standard InChI is InChI=1S/C45H25N3S/c1-2-10-26(11-3-1)43-46-44-29-13-8-12-27(22-29)35-24-37-32-16-6-4-14-30(32)31-15-5-7-17-33(31)38(37)25-36(35)28-20-21-40-39(23-28)42-34(45(47-43)48-44)18-9-19-41(42)49-40/h1-25H. The molecule has 226 valence electrons. The monoisotopic (exact) mass is 639 g/mol. The molecular weight excluding hydrogens is 615 g/mol. The minimum atomic E-state index is 0.666. The SMILES string of the molecule is c1ccc(-c2nc3nc(n2)c2cccc4sc5ccc(cc5c42)c2cc4c5ccccc5c5ccccc5c4cc2c2cccc3c2)cc1. The normalized spacial score (nSPS) is 12.1. The Balaban J connectivity index is 1.43. The smallest absolute Gasteiger partial charge is 0.164 e. The highest BCUT2D eigenvalue weighted by atomic mass is 32.1. The summed E-state index contributed by atoms with van der Waals surface area (Å²) in [5.74, 6) is 0.669. The summed E-state index contributed by atoms with van der Waals surface area (Å²) in [6.07, 6.45) is 0. The molecule has 49 heavy (non-hydrogen) atoms. The Hall–Kier alpha value is -6.23. The first-order valence-electron chi connectivity index (χ1n) is 16.5. The lowest BCUT2D eigenvalue weighted by Gasteiger charge is -2.12. The molecule has 0 spiro atoms. The Morgan fingerprint density at radius 3 is 1.65 bits per heavy atom. The van der Waals surface area contributed by atoms with Gasteiger partial charge in [0.1, 0.15) is 0 Å². The van der Waals surface area contributed by atoms with Crippen LogP contribution in [0, 0.1) is 0 Å². The fourth-order valence-electron chi connectivity index (χ4n) is 7.78. The van der Waals surface area contributed by atoms with Crippen molar-refractivity contribution in [2.24, 2.45) is 0 Å². The van der Waals surface area contributed by atoms with E-state index in [0.29, 0.717) is 17.1 Å². The molecule has 8 aromatic carbocycles. The van der Waals surface area contributed by atoms with Crippen LogP contribution in [0.1, 0.15) is 0 Å². The maximum atomic E-state index is 5.19. The fourth-order valence-corrected chi connectivity index (χ4v) is 8.89. The van der Waals surface area contributed by atoms with Crippen molar-refractivity contribution in [3.8, 4) is 11.4 Å². The van der Waals surface area contributed by atoms with Gasteiger partial charge >= 0.3 is 0 Å². The van der Waals surface area contributed by atoms with Crippen molar-refractivity contribution in [1.29, 1.82) is 0 Å². The van der Waals surface area contributed by atoms with Crippen molar-refractivity contribution in [2.45, 2.75) is 0 Å². The van der Waals surface area contributed by atoms with Gasteiger partial charge in [0.05, 0.1) is 0 Å². The molecule has 0 unspecified atom stereocenters. The van der Waals surface area contributed by atoms with Crippen LogP contribution in [0.3, 0.4) is 0 Å². The molecule has 0 atom stereocenters. The van der Waals surface area contributed by atoms with Crippen LogP contribution in [0.25, 0.3) is 107 Å². The fraction of sp³-hybridized carbons (Fsp3) is 0. The zero-order valence-electron chi connectivity index (χ0n) is 26.2. The number of benzene rings is 8. The molecule has 4 heteroatoms. The zero-order chi connectivity index (χ0) is 32.1. The van der Waals surface area contributed by atoms with E-state index >= 15 is 0 Å².